The second-order valence-electron chi connectivity index (χ2n) is 4.34. The van der Waals surface area contributed by atoms with Crippen LogP contribution in [0.2, 0.25) is 0 Å². The lowest BCUT2D eigenvalue weighted by Gasteiger charge is -2.13. The van der Waals surface area contributed by atoms with Crippen LogP contribution in [0, 0.1) is 0 Å². The van der Waals surface area contributed by atoms with Crippen molar-refractivity contribution in [1.29, 1.82) is 0 Å². The largest absolute Gasteiger partial charge is 0.493 e. The summed E-state index contributed by atoms with van der Waals surface area (Å²) in [5.74, 6) is 2.96. The highest BCUT2D eigenvalue weighted by atomic mass is 32.2. The molecule has 0 unspecified atom stereocenters. The van der Waals surface area contributed by atoms with Crippen LogP contribution in [-0.4, -0.2) is 32.3 Å². The first-order valence-electron chi connectivity index (χ1n) is 6.83. The molecule has 0 aromatic heterocycles. The lowest BCUT2D eigenvalue weighted by atomic mass is 10.2. The molecule has 1 N–H and O–H groups in total. The highest BCUT2D eigenvalue weighted by Gasteiger charge is 2.05. The molecule has 1 rings (SSSR count). The zero-order chi connectivity index (χ0) is 13.9. The van der Waals surface area contributed by atoms with Gasteiger partial charge in [-0.25, -0.2) is 0 Å². The van der Waals surface area contributed by atoms with E-state index in [9.17, 15) is 0 Å². The number of rotatable bonds is 10. The van der Waals surface area contributed by atoms with Gasteiger partial charge in [0, 0.05) is 18.2 Å². The first-order chi connectivity index (χ1) is 9.31. The summed E-state index contributed by atoms with van der Waals surface area (Å²) in [6.45, 7) is 4.42. The summed E-state index contributed by atoms with van der Waals surface area (Å²) in [6.07, 6.45) is 4.20. The molecule has 0 aliphatic rings. The number of hydrogen-bond donors (Lipinski definition) is 1. The fourth-order valence-electron chi connectivity index (χ4n) is 1.70. The van der Waals surface area contributed by atoms with E-state index in [2.05, 4.69) is 24.6 Å². The van der Waals surface area contributed by atoms with E-state index in [0.717, 1.165) is 49.9 Å². The maximum atomic E-state index is 5.88. The second-order valence-corrected chi connectivity index (χ2v) is 5.33. The van der Waals surface area contributed by atoms with Gasteiger partial charge in [-0.15, -0.1) is 0 Å². The zero-order valence-corrected chi connectivity index (χ0v) is 13.0. The molecule has 19 heavy (non-hydrogen) atoms. The van der Waals surface area contributed by atoms with Crippen LogP contribution >= 0.6 is 11.8 Å². The predicted octanol–water partition coefficient (Wildman–Crippen LogP) is 3.33. The van der Waals surface area contributed by atoms with E-state index < -0.39 is 0 Å². The highest BCUT2D eigenvalue weighted by molar-refractivity contribution is 7.98. The molecule has 0 heterocycles. The SMILES string of the molecule is CCCOc1ccc(CNC)c(OCCCSC)c1. The lowest BCUT2D eigenvalue weighted by molar-refractivity contribution is 0.300. The minimum Gasteiger partial charge on any atom is -0.493 e. The normalized spacial score (nSPS) is 10.5. The Morgan fingerprint density at radius 3 is 2.74 bits per heavy atom. The fraction of sp³-hybridized carbons (Fsp3) is 0.600. The van der Waals surface area contributed by atoms with Crippen molar-refractivity contribution in [2.45, 2.75) is 26.3 Å². The van der Waals surface area contributed by atoms with Crippen molar-refractivity contribution < 1.29 is 9.47 Å². The minimum atomic E-state index is 0.747. The van der Waals surface area contributed by atoms with Crippen molar-refractivity contribution >= 4 is 11.8 Å². The van der Waals surface area contributed by atoms with Gasteiger partial charge in [0.25, 0.3) is 0 Å². The summed E-state index contributed by atoms with van der Waals surface area (Å²) in [4.78, 5) is 0. The molecular weight excluding hydrogens is 258 g/mol. The van der Waals surface area contributed by atoms with Crippen molar-refractivity contribution in [3.63, 3.8) is 0 Å². The molecule has 0 spiro atoms. The third kappa shape index (κ3) is 6.21. The Bertz CT molecular complexity index is 358. The molecule has 0 amide bonds. The van der Waals surface area contributed by atoms with Crippen molar-refractivity contribution in [2.75, 3.05) is 32.3 Å². The predicted molar refractivity (Wildman–Crippen MR) is 83.5 cm³/mol. The Morgan fingerprint density at radius 2 is 2.05 bits per heavy atom. The van der Waals surface area contributed by atoms with Gasteiger partial charge in [0.2, 0.25) is 0 Å². The standard InChI is InChI=1S/C15H25NO2S/c1-4-8-17-14-7-6-13(12-16-2)15(11-14)18-9-5-10-19-3/h6-7,11,16H,4-5,8-10,12H2,1-3H3. The van der Waals surface area contributed by atoms with Crippen LogP contribution in [0.5, 0.6) is 11.5 Å². The Morgan fingerprint density at radius 1 is 1.21 bits per heavy atom. The van der Waals surface area contributed by atoms with Crippen molar-refractivity contribution in [1.82, 2.24) is 5.32 Å². The Kier molecular flexibility index (Phi) is 8.50. The molecule has 0 radical (unpaired) electrons. The third-order valence-electron chi connectivity index (χ3n) is 2.63. The average Bonchev–Trinajstić information content (AvgIpc) is 2.43. The Hall–Kier alpha value is -0.870. The van der Waals surface area contributed by atoms with Gasteiger partial charge in [0.15, 0.2) is 0 Å². The van der Waals surface area contributed by atoms with Gasteiger partial charge >= 0.3 is 0 Å². The van der Waals surface area contributed by atoms with Gasteiger partial charge in [0.05, 0.1) is 13.2 Å². The van der Waals surface area contributed by atoms with Crippen LogP contribution in [0.1, 0.15) is 25.3 Å². The number of benzene rings is 1. The Balaban J connectivity index is 2.65. The first-order valence-corrected chi connectivity index (χ1v) is 8.23. The maximum Gasteiger partial charge on any atom is 0.127 e. The van der Waals surface area contributed by atoms with E-state index >= 15 is 0 Å². The molecule has 0 aliphatic carbocycles. The molecule has 1 aromatic carbocycles. The van der Waals surface area contributed by atoms with Crippen molar-refractivity contribution in [3.05, 3.63) is 23.8 Å². The number of hydrogen-bond acceptors (Lipinski definition) is 4. The monoisotopic (exact) mass is 283 g/mol. The van der Waals surface area contributed by atoms with Gasteiger partial charge in [-0.05, 0) is 38.0 Å². The molecular formula is C15H25NO2S. The molecule has 0 aliphatic heterocycles. The topological polar surface area (TPSA) is 30.5 Å². The van der Waals surface area contributed by atoms with Crippen molar-refractivity contribution in [2.24, 2.45) is 0 Å². The third-order valence-corrected chi connectivity index (χ3v) is 3.33. The molecule has 0 fully saturated rings. The summed E-state index contributed by atoms with van der Waals surface area (Å²) in [5.41, 5.74) is 1.18. The Labute approximate surface area is 121 Å². The van der Waals surface area contributed by atoms with E-state index in [1.54, 1.807) is 0 Å². The average molecular weight is 283 g/mol. The van der Waals surface area contributed by atoms with E-state index in [1.807, 2.05) is 30.9 Å². The lowest BCUT2D eigenvalue weighted by Crippen LogP contribution is -2.09. The summed E-state index contributed by atoms with van der Waals surface area (Å²) in [7, 11) is 1.94. The van der Waals surface area contributed by atoms with Crippen LogP contribution in [0.15, 0.2) is 18.2 Å². The van der Waals surface area contributed by atoms with Crippen LogP contribution in [-0.2, 0) is 6.54 Å². The minimum absolute atomic E-state index is 0.747. The van der Waals surface area contributed by atoms with Gasteiger partial charge in [0.1, 0.15) is 11.5 Å². The van der Waals surface area contributed by atoms with E-state index in [-0.39, 0.29) is 0 Å². The van der Waals surface area contributed by atoms with E-state index in [0.29, 0.717) is 0 Å². The van der Waals surface area contributed by atoms with E-state index in [1.165, 1.54) is 5.56 Å². The van der Waals surface area contributed by atoms with Gasteiger partial charge in [-0.2, -0.15) is 11.8 Å². The maximum absolute atomic E-state index is 5.88. The quantitative estimate of drug-likeness (QED) is 0.667. The molecule has 0 bridgehead atoms. The molecule has 3 nitrogen and oxygen atoms in total. The van der Waals surface area contributed by atoms with Crippen LogP contribution < -0.4 is 14.8 Å². The van der Waals surface area contributed by atoms with Gasteiger partial charge in [-0.1, -0.05) is 13.0 Å². The molecule has 0 atom stereocenters. The zero-order valence-electron chi connectivity index (χ0n) is 12.2. The highest BCUT2D eigenvalue weighted by Crippen LogP contribution is 2.25. The number of ether oxygens (including phenoxy) is 2. The molecule has 0 saturated heterocycles. The van der Waals surface area contributed by atoms with Crippen molar-refractivity contribution in [3.8, 4) is 11.5 Å². The van der Waals surface area contributed by atoms with E-state index in [4.69, 9.17) is 9.47 Å². The van der Waals surface area contributed by atoms with Gasteiger partial charge in [-0.3, -0.25) is 0 Å². The first kappa shape index (κ1) is 16.2. The summed E-state index contributed by atoms with van der Waals surface area (Å²) in [5, 5.41) is 3.16. The van der Waals surface area contributed by atoms with Crippen LogP contribution in [0.25, 0.3) is 0 Å². The summed E-state index contributed by atoms with van der Waals surface area (Å²) in [6, 6.07) is 6.09. The summed E-state index contributed by atoms with van der Waals surface area (Å²) < 4.78 is 11.5. The van der Waals surface area contributed by atoms with Crippen LogP contribution in [0.4, 0.5) is 0 Å². The smallest absolute Gasteiger partial charge is 0.127 e. The van der Waals surface area contributed by atoms with Crippen LogP contribution in [0.3, 0.4) is 0 Å². The van der Waals surface area contributed by atoms with Gasteiger partial charge < -0.3 is 14.8 Å². The number of nitrogens with one attached hydrogen (secondary N) is 1. The molecule has 4 heteroatoms. The fourth-order valence-corrected chi connectivity index (χ4v) is 2.11. The number of thioether (sulfide) groups is 1. The summed E-state index contributed by atoms with van der Waals surface area (Å²) >= 11 is 1.85. The second kappa shape index (κ2) is 9.98. The molecule has 108 valence electrons. The molecule has 1 aromatic rings. The molecule has 0 saturated carbocycles.